The van der Waals surface area contributed by atoms with Crippen LogP contribution in [0.25, 0.3) is 0 Å². The molecule has 0 amide bonds. The fourth-order valence-corrected chi connectivity index (χ4v) is 3.54. The van der Waals surface area contributed by atoms with E-state index in [1.54, 1.807) is 0 Å². The summed E-state index contributed by atoms with van der Waals surface area (Å²) in [5.41, 5.74) is 0.250. The lowest BCUT2D eigenvalue weighted by molar-refractivity contribution is -0.159. The molecule has 1 N–H and O–H groups in total. The van der Waals surface area contributed by atoms with Gasteiger partial charge in [-0.3, -0.25) is 0 Å². The third-order valence-corrected chi connectivity index (χ3v) is 5.36. The molecule has 4 nitrogen and oxygen atoms in total. The number of hydrogen-bond acceptors (Lipinski definition) is 3. The molecule has 1 fully saturated rings. The molecule has 1 atom stereocenters. The van der Waals surface area contributed by atoms with Crippen molar-refractivity contribution < 1.29 is 14.6 Å². The Balaban J connectivity index is 1.54. The van der Waals surface area contributed by atoms with Crippen LogP contribution < -0.4 is 4.74 Å². The van der Waals surface area contributed by atoms with Gasteiger partial charge < -0.3 is 14.7 Å². The molecule has 1 saturated heterocycles. The number of benzene rings is 2. The maximum Gasteiger partial charge on any atom is 0.348 e. The van der Waals surface area contributed by atoms with E-state index in [-0.39, 0.29) is 0 Å². The Labute approximate surface area is 155 Å². The molecule has 0 radical (unpaired) electrons. The summed E-state index contributed by atoms with van der Waals surface area (Å²) in [6.45, 7) is 4.73. The number of piperidine rings is 1. The third-order valence-electron chi connectivity index (χ3n) is 5.36. The summed E-state index contributed by atoms with van der Waals surface area (Å²) in [4.78, 5) is 14.3. The van der Waals surface area contributed by atoms with E-state index >= 15 is 0 Å². The van der Waals surface area contributed by atoms with Crippen LogP contribution in [0, 0.1) is 0 Å². The fraction of sp³-hybridized carbons (Fsp3) is 0.409. The zero-order chi connectivity index (χ0) is 18.4. The molecular formula is C22H27NO3. The first-order valence-corrected chi connectivity index (χ1v) is 9.34. The zero-order valence-electron chi connectivity index (χ0n) is 15.3. The Hall–Kier alpha value is -2.33. The lowest BCUT2D eigenvalue weighted by Gasteiger charge is -2.39. The van der Waals surface area contributed by atoms with Gasteiger partial charge in [-0.2, -0.15) is 0 Å². The Kier molecular flexibility index (Phi) is 5.94. The molecule has 1 heterocycles. The number of carboxylic acids is 1. The first kappa shape index (κ1) is 18.5. The topological polar surface area (TPSA) is 49.8 Å². The van der Waals surface area contributed by atoms with Crippen molar-refractivity contribution in [3.63, 3.8) is 0 Å². The second kappa shape index (κ2) is 8.37. The maximum atomic E-state index is 11.9. The van der Waals surface area contributed by atoms with Crippen molar-refractivity contribution in [3.8, 4) is 5.75 Å². The van der Waals surface area contributed by atoms with Gasteiger partial charge in [0.2, 0.25) is 5.60 Å². The summed E-state index contributed by atoms with van der Waals surface area (Å²) in [5.74, 6) is 0.266. The molecule has 0 aliphatic carbocycles. The molecule has 0 spiro atoms. The summed E-state index contributed by atoms with van der Waals surface area (Å²) >= 11 is 0. The Bertz CT molecular complexity index is 694. The number of hydrogen-bond donors (Lipinski definition) is 1. The van der Waals surface area contributed by atoms with E-state index < -0.39 is 11.6 Å². The molecular weight excluding hydrogens is 326 g/mol. The minimum Gasteiger partial charge on any atom is -0.478 e. The highest BCUT2D eigenvalue weighted by molar-refractivity contribution is 5.78. The second-order valence-corrected chi connectivity index (χ2v) is 7.16. The molecule has 2 aromatic rings. The molecule has 138 valence electrons. The van der Waals surface area contributed by atoms with Crippen molar-refractivity contribution in [2.45, 2.75) is 37.7 Å². The van der Waals surface area contributed by atoms with Crippen molar-refractivity contribution in [1.29, 1.82) is 0 Å². The number of rotatable bonds is 7. The molecule has 0 saturated carbocycles. The highest BCUT2D eigenvalue weighted by atomic mass is 16.5. The second-order valence-electron chi connectivity index (χ2n) is 7.16. The summed E-state index contributed by atoms with van der Waals surface area (Å²) < 4.78 is 5.92. The van der Waals surface area contributed by atoms with Gasteiger partial charge in [0.25, 0.3) is 0 Å². The number of likely N-dealkylation sites (tertiary alicyclic amines) is 1. The van der Waals surface area contributed by atoms with Crippen LogP contribution in [0.1, 0.15) is 37.7 Å². The molecule has 4 heteroatoms. The van der Waals surface area contributed by atoms with E-state index in [0.29, 0.717) is 24.5 Å². The minimum atomic E-state index is -1.11. The van der Waals surface area contributed by atoms with Crippen LogP contribution in [0.15, 0.2) is 60.7 Å². The molecule has 3 rings (SSSR count). The highest BCUT2D eigenvalue weighted by Crippen LogP contribution is 2.30. The van der Waals surface area contributed by atoms with Gasteiger partial charge in [-0.05, 0) is 36.6 Å². The summed E-state index contributed by atoms with van der Waals surface area (Å²) in [6, 6.07) is 19.8. The lowest BCUT2D eigenvalue weighted by atomic mass is 9.90. The van der Waals surface area contributed by atoms with E-state index in [9.17, 15) is 9.90 Å². The normalized spacial score (nSPS) is 18.2. The first-order valence-electron chi connectivity index (χ1n) is 9.34. The first-order chi connectivity index (χ1) is 12.6. The van der Waals surface area contributed by atoms with Crippen LogP contribution in [0.2, 0.25) is 0 Å². The third kappa shape index (κ3) is 4.44. The van der Waals surface area contributed by atoms with E-state index in [4.69, 9.17) is 4.74 Å². The van der Waals surface area contributed by atoms with Crippen molar-refractivity contribution >= 4 is 5.97 Å². The number of ether oxygens (including phenoxy) is 1. The Morgan fingerprint density at radius 3 is 2.23 bits per heavy atom. The number of nitrogens with zero attached hydrogens (tertiary/aromatic N) is 1. The van der Waals surface area contributed by atoms with Crippen molar-refractivity contribution in [1.82, 2.24) is 4.90 Å². The molecule has 0 bridgehead atoms. The molecule has 26 heavy (non-hydrogen) atoms. The van der Waals surface area contributed by atoms with Gasteiger partial charge in [-0.15, -0.1) is 0 Å². The molecule has 0 unspecified atom stereocenters. The van der Waals surface area contributed by atoms with E-state index in [1.165, 1.54) is 5.56 Å². The van der Waals surface area contributed by atoms with Gasteiger partial charge in [-0.25, -0.2) is 4.79 Å². The Morgan fingerprint density at radius 2 is 1.65 bits per heavy atom. The highest BCUT2D eigenvalue weighted by Gasteiger charge is 2.44. The summed E-state index contributed by atoms with van der Waals surface area (Å²) in [5, 5.41) is 9.76. The fourth-order valence-electron chi connectivity index (χ4n) is 3.54. The van der Waals surface area contributed by atoms with Gasteiger partial charge in [0, 0.05) is 25.9 Å². The monoisotopic (exact) mass is 353 g/mol. The van der Waals surface area contributed by atoms with Crippen molar-refractivity contribution in [2.24, 2.45) is 0 Å². The summed E-state index contributed by atoms with van der Waals surface area (Å²) in [7, 11) is 0. The quantitative estimate of drug-likeness (QED) is 0.811. The average molecular weight is 353 g/mol. The standard InChI is InChI=1S/C22H27NO3/c1-18(19-8-4-2-5-9-19)12-15-23-16-13-22(14-17-23,21(24)25)26-20-10-6-3-7-11-20/h2-11,18H,12-17H2,1H3,(H,24,25)/t18-/m1/s1. The van der Waals surface area contributed by atoms with Crippen LogP contribution in [-0.4, -0.2) is 41.2 Å². The maximum absolute atomic E-state index is 11.9. The van der Waals surface area contributed by atoms with Crippen LogP contribution in [0.5, 0.6) is 5.75 Å². The minimum absolute atomic E-state index is 0.503. The Morgan fingerprint density at radius 1 is 1.08 bits per heavy atom. The molecule has 1 aliphatic rings. The van der Waals surface area contributed by atoms with Crippen LogP contribution in [0.3, 0.4) is 0 Å². The lowest BCUT2D eigenvalue weighted by Crippen LogP contribution is -2.53. The van der Waals surface area contributed by atoms with Crippen molar-refractivity contribution in [2.75, 3.05) is 19.6 Å². The predicted molar refractivity (Wildman–Crippen MR) is 103 cm³/mol. The van der Waals surface area contributed by atoms with Crippen LogP contribution >= 0.6 is 0 Å². The van der Waals surface area contributed by atoms with E-state index in [0.717, 1.165) is 26.1 Å². The number of para-hydroxylation sites is 1. The van der Waals surface area contributed by atoms with Gasteiger partial charge in [0.05, 0.1) is 0 Å². The van der Waals surface area contributed by atoms with Gasteiger partial charge in [0.1, 0.15) is 5.75 Å². The number of aliphatic carboxylic acids is 1. The number of carboxylic acid groups (broad SMARTS) is 1. The average Bonchev–Trinajstić information content (AvgIpc) is 2.68. The number of carbonyl (C=O) groups is 1. The SMILES string of the molecule is C[C@H](CCN1CCC(Oc2ccccc2)(C(=O)O)CC1)c1ccccc1. The van der Waals surface area contributed by atoms with Gasteiger partial charge >= 0.3 is 5.97 Å². The molecule has 1 aliphatic heterocycles. The van der Waals surface area contributed by atoms with Gasteiger partial charge in [-0.1, -0.05) is 55.5 Å². The van der Waals surface area contributed by atoms with Crippen molar-refractivity contribution in [3.05, 3.63) is 66.2 Å². The van der Waals surface area contributed by atoms with Crippen LogP contribution in [-0.2, 0) is 4.79 Å². The summed E-state index contributed by atoms with van der Waals surface area (Å²) in [6.07, 6.45) is 2.09. The van der Waals surface area contributed by atoms with Crippen LogP contribution in [0.4, 0.5) is 0 Å². The molecule has 2 aromatic carbocycles. The van der Waals surface area contributed by atoms with Gasteiger partial charge in [0.15, 0.2) is 0 Å². The van der Waals surface area contributed by atoms with E-state index in [1.807, 2.05) is 36.4 Å². The largest absolute Gasteiger partial charge is 0.478 e. The smallest absolute Gasteiger partial charge is 0.348 e. The molecule has 0 aromatic heterocycles. The van der Waals surface area contributed by atoms with E-state index in [2.05, 4.69) is 36.1 Å². The predicted octanol–water partition coefficient (Wildman–Crippen LogP) is 4.18. The zero-order valence-corrected chi connectivity index (χ0v) is 15.3.